The van der Waals surface area contributed by atoms with Crippen molar-refractivity contribution in [3.8, 4) is 5.75 Å². The second-order valence-corrected chi connectivity index (χ2v) is 12.8. The summed E-state index contributed by atoms with van der Waals surface area (Å²) in [5, 5.41) is 0. The molecule has 2 aromatic carbocycles. The van der Waals surface area contributed by atoms with Gasteiger partial charge in [-0.15, -0.1) is 0 Å². The lowest BCUT2D eigenvalue weighted by molar-refractivity contribution is -0.152. The predicted octanol–water partition coefficient (Wildman–Crippen LogP) is 8.98. The van der Waals surface area contributed by atoms with Crippen molar-refractivity contribution in [1.82, 2.24) is 4.90 Å². The number of carbonyl (C=O) groups is 2. The molecule has 1 saturated heterocycles. The van der Waals surface area contributed by atoms with Crippen molar-refractivity contribution in [2.45, 2.75) is 70.5 Å². The first-order valence-corrected chi connectivity index (χ1v) is 14.4. The second-order valence-electron chi connectivity index (χ2n) is 12.8. The standard InChI is InChI=1S/C32H33F9N2O4/c1-28(2)9-8-23(24-13-22(6-7-25(24)46-5)42(4)26(44)15-30(33,34)35)18(14-28)16-43-27(45)47-17-29(43,3)19-10-20(31(36,37)38)12-21(11-19)32(39,40)41/h6-7,10-13H,8-9,14-17H2,1-5H3/t29-/m1/s1. The summed E-state index contributed by atoms with van der Waals surface area (Å²) in [6.45, 7) is 4.45. The van der Waals surface area contributed by atoms with Crippen molar-refractivity contribution < 1.29 is 58.6 Å². The Morgan fingerprint density at radius 1 is 0.957 bits per heavy atom. The third-order valence-electron chi connectivity index (χ3n) is 8.64. The van der Waals surface area contributed by atoms with Crippen LogP contribution in [0, 0.1) is 5.41 Å². The van der Waals surface area contributed by atoms with Gasteiger partial charge in [-0.1, -0.05) is 13.8 Å². The summed E-state index contributed by atoms with van der Waals surface area (Å²) in [7, 11) is 2.56. The summed E-state index contributed by atoms with van der Waals surface area (Å²) in [5.74, 6) is -0.903. The lowest BCUT2D eigenvalue weighted by Gasteiger charge is -2.39. The molecule has 0 bridgehead atoms. The number of methoxy groups -OCH3 is 1. The lowest BCUT2D eigenvalue weighted by Crippen LogP contribution is -2.44. The first-order chi connectivity index (χ1) is 21.4. The van der Waals surface area contributed by atoms with E-state index in [4.69, 9.17) is 9.47 Å². The molecule has 2 amide bonds. The van der Waals surface area contributed by atoms with E-state index < -0.39 is 65.8 Å². The summed E-state index contributed by atoms with van der Waals surface area (Å²) in [5.41, 5.74) is -3.84. The third kappa shape index (κ3) is 7.81. The molecule has 1 fully saturated rings. The van der Waals surface area contributed by atoms with Gasteiger partial charge in [0.1, 0.15) is 24.3 Å². The minimum absolute atomic E-state index is 0.00879. The largest absolute Gasteiger partial charge is 0.496 e. The van der Waals surface area contributed by atoms with Crippen LogP contribution in [0.5, 0.6) is 5.75 Å². The van der Waals surface area contributed by atoms with E-state index in [1.165, 1.54) is 39.3 Å². The molecule has 1 aliphatic heterocycles. The Labute approximate surface area is 265 Å². The first kappa shape index (κ1) is 35.9. The molecule has 2 aromatic rings. The van der Waals surface area contributed by atoms with Gasteiger partial charge in [-0.3, -0.25) is 9.69 Å². The number of hydrogen-bond acceptors (Lipinski definition) is 4. The molecule has 0 N–H and O–H groups in total. The molecule has 1 atom stereocenters. The van der Waals surface area contributed by atoms with Crippen LogP contribution < -0.4 is 9.64 Å². The van der Waals surface area contributed by atoms with Gasteiger partial charge < -0.3 is 14.4 Å². The molecular weight excluding hydrogens is 647 g/mol. The number of benzene rings is 2. The minimum atomic E-state index is -5.11. The fourth-order valence-electron chi connectivity index (χ4n) is 5.96. The van der Waals surface area contributed by atoms with Crippen LogP contribution in [0.15, 0.2) is 42.0 Å². The molecule has 47 heavy (non-hydrogen) atoms. The molecule has 0 unspecified atom stereocenters. The van der Waals surface area contributed by atoms with E-state index in [2.05, 4.69) is 0 Å². The molecular formula is C32H33F9N2O4. The van der Waals surface area contributed by atoms with Gasteiger partial charge in [0.05, 0.1) is 18.2 Å². The van der Waals surface area contributed by atoms with E-state index in [0.29, 0.717) is 53.9 Å². The van der Waals surface area contributed by atoms with Crippen LogP contribution in [0.2, 0.25) is 0 Å². The zero-order valence-corrected chi connectivity index (χ0v) is 26.1. The molecule has 1 aliphatic carbocycles. The van der Waals surface area contributed by atoms with Crippen LogP contribution in [-0.4, -0.2) is 50.4 Å². The SMILES string of the molecule is COc1ccc(N(C)C(=O)CC(F)(F)F)cc1C1=C(CN2C(=O)OC[C@]2(C)c2cc(C(F)(F)F)cc(C(F)(F)F)c2)CC(C)(C)CC1. The molecule has 0 spiro atoms. The van der Waals surface area contributed by atoms with Gasteiger partial charge in [0, 0.05) is 24.8 Å². The molecule has 258 valence electrons. The number of allylic oxidation sites excluding steroid dienone is 1. The molecule has 1 heterocycles. The van der Waals surface area contributed by atoms with Gasteiger partial charge in [0.15, 0.2) is 0 Å². The number of ether oxygens (including phenoxy) is 2. The Balaban J connectivity index is 1.84. The summed E-state index contributed by atoms with van der Waals surface area (Å²) >= 11 is 0. The zero-order chi connectivity index (χ0) is 35.3. The Morgan fingerprint density at radius 3 is 2.09 bits per heavy atom. The highest BCUT2D eigenvalue weighted by molar-refractivity contribution is 5.94. The van der Waals surface area contributed by atoms with Gasteiger partial charge in [0.2, 0.25) is 5.91 Å². The maximum absolute atomic E-state index is 13.7. The van der Waals surface area contributed by atoms with Crippen LogP contribution in [-0.2, 0) is 27.4 Å². The highest BCUT2D eigenvalue weighted by Gasteiger charge is 2.48. The smallest absolute Gasteiger partial charge is 0.416 e. The average molecular weight is 681 g/mol. The van der Waals surface area contributed by atoms with E-state index in [0.717, 1.165) is 9.80 Å². The second kappa shape index (κ2) is 12.3. The van der Waals surface area contributed by atoms with E-state index in [-0.39, 0.29) is 23.7 Å². The quantitative estimate of drug-likeness (QED) is 0.274. The molecule has 0 aromatic heterocycles. The zero-order valence-electron chi connectivity index (χ0n) is 26.1. The van der Waals surface area contributed by atoms with Crippen LogP contribution in [0.25, 0.3) is 5.57 Å². The molecule has 0 radical (unpaired) electrons. The molecule has 2 aliphatic rings. The van der Waals surface area contributed by atoms with Crippen molar-refractivity contribution in [2.24, 2.45) is 5.41 Å². The minimum Gasteiger partial charge on any atom is -0.496 e. The fourth-order valence-corrected chi connectivity index (χ4v) is 5.96. The number of amides is 2. The van der Waals surface area contributed by atoms with Gasteiger partial charge in [-0.05, 0) is 84.7 Å². The fraction of sp³-hybridized carbons (Fsp3) is 0.500. The lowest BCUT2D eigenvalue weighted by atomic mass is 9.72. The number of hydrogen-bond donors (Lipinski definition) is 0. The Hall–Kier alpha value is -3.91. The molecule has 15 heteroatoms. The van der Waals surface area contributed by atoms with Crippen molar-refractivity contribution in [3.05, 3.63) is 64.2 Å². The Kier molecular flexibility index (Phi) is 9.38. The Morgan fingerprint density at radius 2 is 1.55 bits per heavy atom. The summed E-state index contributed by atoms with van der Waals surface area (Å²) < 4.78 is 132. The van der Waals surface area contributed by atoms with Gasteiger partial charge in [-0.2, -0.15) is 39.5 Å². The summed E-state index contributed by atoms with van der Waals surface area (Å²) in [6.07, 6.45) is -16.3. The maximum atomic E-state index is 13.7. The van der Waals surface area contributed by atoms with Crippen LogP contribution >= 0.6 is 0 Å². The maximum Gasteiger partial charge on any atom is 0.416 e. The predicted molar refractivity (Wildman–Crippen MR) is 153 cm³/mol. The first-order valence-electron chi connectivity index (χ1n) is 14.4. The number of halogens is 9. The van der Waals surface area contributed by atoms with Crippen molar-refractivity contribution in [1.29, 1.82) is 0 Å². The van der Waals surface area contributed by atoms with Crippen molar-refractivity contribution in [3.63, 3.8) is 0 Å². The van der Waals surface area contributed by atoms with E-state index in [9.17, 15) is 49.1 Å². The molecule has 6 nitrogen and oxygen atoms in total. The molecule has 0 saturated carbocycles. The van der Waals surface area contributed by atoms with Gasteiger partial charge in [0.25, 0.3) is 0 Å². The van der Waals surface area contributed by atoms with E-state index in [1.54, 1.807) is 0 Å². The van der Waals surface area contributed by atoms with Crippen molar-refractivity contribution in [2.75, 3.05) is 32.2 Å². The highest BCUT2D eigenvalue weighted by Crippen LogP contribution is 2.48. The summed E-state index contributed by atoms with van der Waals surface area (Å²) in [6, 6.07) is 5.51. The number of carbonyl (C=O) groups excluding carboxylic acids is 2. The number of nitrogens with zero attached hydrogens (tertiary/aromatic N) is 2. The van der Waals surface area contributed by atoms with Gasteiger partial charge in [-0.25, -0.2) is 4.79 Å². The van der Waals surface area contributed by atoms with Crippen LogP contribution in [0.4, 0.5) is 50.0 Å². The van der Waals surface area contributed by atoms with Crippen molar-refractivity contribution >= 4 is 23.3 Å². The molecule has 4 rings (SSSR count). The monoisotopic (exact) mass is 680 g/mol. The van der Waals surface area contributed by atoms with Crippen LogP contribution in [0.3, 0.4) is 0 Å². The Bertz CT molecular complexity index is 1550. The third-order valence-corrected chi connectivity index (χ3v) is 8.64. The van der Waals surface area contributed by atoms with E-state index >= 15 is 0 Å². The highest BCUT2D eigenvalue weighted by atomic mass is 19.4. The average Bonchev–Trinajstić information content (AvgIpc) is 3.24. The summed E-state index contributed by atoms with van der Waals surface area (Å²) in [4.78, 5) is 27.4. The van der Waals surface area contributed by atoms with Gasteiger partial charge >= 0.3 is 24.6 Å². The number of anilines is 1. The van der Waals surface area contributed by atoms with E-state index in [1.807, 2.05) is 13.8 Å². The normalized spacial score (nSPS) is 20.4. The topological polar surface area (TPSA) is 59.1 Å². The number of rotatable bonds is 7. The van der Waals surface area contributed by atoms with Crippen LogP contribution in [0.1, 0.15) is 68.7 Å². The number of alkyl halides is 9. The number of cyclic esters (lactones) is 1.